The number of piperazine rings is 1. The molecule has 1 heterocycles. The Morgan fingerprint density at radius 3 is 2.42 bits per heavy atom. The molecule has 1 unspecified atom stereocenters. The third-order valence-corrected chi connectivity index (χ3v) is 4.26. The third-order valence-electron chi connectivity index (χ3n) is 4.26. The molecule has 5 nitrogen and oxygen atoms in total. The minimum Gasteiger partial charge on any atom is -0.365 e. The van der Waals surface area contributed by atoms with Crippen molar-refractivity contribution < 1.29 is 9.59 Å². The van der Waals surface area contributed by atoms with Crippen LogP contribution in [0.2, 0.25) is 0 Å². The van der Waals surface area contributed by atoms with Gasteiger partial charge in [-0.05, 0) is 17.7 Å². The molecule has 2 aromatic rings. The highest BCUT2D eigenvalue weighted by Crippen LogP contribution is 2.23. The second-order valence-corrected chi connectivity index (χ2v) is 5.94. The highest BCUT2D eigenvalue weighted by atomic mass is 16.2. The molecule has 0 radical (unpaired) electrons. The largest absolute Gasteiger partial charge is 0.365 e. The lowest BCUT2D eigenvalue weighted by molar-refractivity contribution is -0.140. The number of para-hydroxylation sites is 1. The number of nitrogens with one attached hydrogen (secondary N) is 1. The fraction of sp³-hybridized carbons (Fsp3) is 0.263. The van der Waals surface area contributed by atoms with E-state index in [-0.39, 0.29) is 30.9 Å². The summed E-state index contributed by atoms with van der Waals surface area (Å²) >= 11 is 0. The van der Waals surface area contributed by atoms with Gasteiger partial charge in [0.2, 0.25) is 11.8 Å². The molecule has 1 aliphatic rings. The van der Waals surface area contributed by atoms with Crippen molar-refractivity contribution in [1.29, 1.82) is 0 Å². The molecule has 0 saturated carbocycles. The number of carbonyl (C=O) groups is 2. The van der Waals surface area contributed by atoms with E-state index in [1.165, 1.54) is 0 Å². The van der Waals surface area contributed by atoms with Crippen LogP contribution in [0.1, 0.15) is 11.6 Å². The summed E-state index contributed by atoms with van der Waals surface area (Å²) in [5.41, 5.74) is 2.01. The number of carbonyl (C=O) groups excluding carboxylic acids is 2. The van der Waals surface area contributed by atoms with Crippen molar-refractivity contribution in [3.8, 4) is 0 Å². The molecule has 0 bridgehead atoms. The summed E-state index contributed by atoms with van der Waals surface area (Å²) in [5, 5.41) is 2.85. The lowest BCUT2D eigenvalue weighted by Crippen LogP contribution is -2.53. The molecule has 0 aromatic heterocycles. The number of rotatable bonds is 4. The number of anilines is 1. The van der Waals surface area contributed by atoms with Gasteiger partial charge in [-0.15, -0.1) is 0 Å². The van der Waals surface area contributed by atoms with Gasteiger partial charge in [0, 0.05) is 19.3 Å². The van der Waals surface area contributed by atoms with Crippen molar-refractivity contribution in [3.63, 3.8) is 0 Å². The van der Waals surface area contributed by atoms with E-state index in [1.54, 1.807) is 4.90 Å². The van der Waals surface area contributed by atoms with Crippen LogP contribution in [0.25, 0.3) is 0 Å². The molecule has 2 amide bonds. The van der Waals surface area contributed by atoms with E-state index in [2.05, 4.69) is 5.32 Å². The molecule has 1 aliphatic heterocycles. The average Bonchev–Trinajstić information content (AvgIpc) is 2.63. The maximum Gasteiger partial charge on any atom is 0.243 e. The van der Waals surface area contributed by atoms with E-state index in [0.29, 0.717) is 6.54 Å². The van der Waals surface area contributed by atoms with E-state index in [9.17, 15) is 9.59 Å². The third kappa shape index (κ3) is 3.56. The maximum atomic E-state index is 12.8. The van der Waals surface area contributed by atoms with Crippen LogP contribution in [-0.2, 0) is 9.59 Å². The van der Waals surface area contributed by atoms with Gasteiger partial charge in [0.05, 0.1) is 12.6 Å². The van der Waals surface area contributed by atoms with Crippen molar-refractivity contribution in [2.45, 2.75) is 6.04 Å². The van der Waals surface area contributed by atoms with Crippen LogP contribution in [0.4, 0.5) is 5.69 Å². The SMILES string of the molecule is CN(CC(=O)N1CC(=O)NCC1c1ccccc1)c1ccccc1. The number of likely N-dealkylation sites (N-methyl/N-ethyl adjacent to an activating group) is 1. The molecule has 1 fully saturated rings. The fourth-order valence-electron chi connectivity index (χ4n) is 2.94. The van der Waals surface area contributed by atoms with Gasteiger partial charge in [0.25, 0.3) is 0 Å². The van der Waals surface area contributed by atoms with Crippen molar-refractivity contribution in [3.05, 3.63) is 66.2 Å². The maximum absolute atomic E-state index is 12.8. The monoisotopic (exact) mass is 323 g/mol. The molecule has 24 heavy (non-hydrogen) atoms. The fourth-order valence-corrected chi connectivity index (χ4v) is 2.94. The van der Waals surface area contributed by atoms with Crippen molar-refractivity contribution in [2.75, 3.05) is 31.6 Å². The van der Waals surface area contributed by atoms with Gasteiger partial charge in [-0.25, -0.2) is 0 Å². The number of hydrogen-bond donors (Lipinski definition) is 1. The summed E-state index contributed by atoms with van der Waals surface area (Å²) in [7, 11) is 1.88. The predicted molar refractivity (Wildman–Crippen MR) is 93.6 cm³/mol. The number of amides is 2. The lowest BCUT2D eigenvalue weighted by atomic mass is 10.0. The molecule has 1 atom stereocenters. The summed E-state index contributed by atoms with van der Waals surface area (Å²) in [6.45, 7) is 0.783. The Kier molecular flexibility index (Phi) is 4.79. The standard InChI is InChI=1S/C19H21N3O2/c1-21(16-10-6-3-7-11-16)14-19(24)22-13-18(23)20-12-17(22)15-8-4-2-5-9-15/h2-11,17H,12-14H2,1H3,(H,20,23). The smallest absolute Gasteiger partial charge is 0.243 e. The minimum atomic E-state index is -0.124. The molecular weight excluding hydrogens is 302 g/mol. The highest BCUT2D eigenvalue weighted by molar-refractivity contribution is 5.88. The van der Waals surface area contributed by atoms with E-state index in [0.717, 1.165) is 11.3 Å². The second-order valence-electron chi connectivity index (χ2n) is 5.94. The molecule has 0 aliphatic carbocycles. The average molecular weight is 323 g/mol. The van der Waals surface area contributed by atoms with Gasteiger partial charge >= 0.3 is 0 Å². The van der Waals surface area contributed by atoms with Crippen LogP contribution in [0, 0.1) is 0 Å². The Balaban J connectivity index is 1.76. The number of nitrogens with zero attached hydrogens (tertiary/aromatic N) is 2. The zero-order chi connectivity index (χ0) is 16.9. The minimum absolute atomic E-state index is 0.0509. The molecule has 3 rings (SSSR count). The number of benzene rings is 2. The molecule has 5 heteroatoms. The predicted octanol–water partition coefficient (Wildman–Crippen LogP) is 1.82. The van der Waals surface area contributed by atoms with Crippen molar-refractivity contribution in [2.24, 2.45) is 0 Å². The van der Waals surface area contributed by atoms with Gasteiger partial charge in [-0.2, -0.15) is 0 Å². The first kappa shape index (κ1) is 16.1. The second kappa shape index (κ2) is 7.17. The molecule has 1 saturated heterocycles. The van der Waals surface area contributed by atoms with Crippen molar-refractivity contribution >= 4 is 17.5 Å². The lowest BCUT2D eigenvalue weighted by Gasteiger charge is -2.37. The normalized spacial score (nSPS) is 17.3. The molecular formula is C19H21N3O2. The quantitative estimate of drug-likeness (QED) is 0.934. The van der Waals surface area contributed by atoms with Gasteiger partial charge < -0.3 is 15.1 Å². The molecule has 124 valence electrons. The van der Waals surface area contributed by atoms with Crippen LogP contribution >= 0.6 is 0 Å². The summed E-state index contributed by atoms with van der Waals surface area (Å²) in [6.07, 6.45) is 0. The van der Waals surface area contributed by atoms with E-state index in [4.69, 9.17) is 0 Å². The Labute approximate surface area is 141 Å². The van der Waals surface area contributed by atoms with Gasteiger partial charge in [-0.1, -0.05) is 48.5 Å². The Bertz CT molecular complexity index is 703. The Hall–Kier alpha value is -2.82. The van der Waals surface area contributed by atoms with Crippen molar-refractivity contribution in [1.82, 2.24) is 10.2 Å². The zero-order valence-electron chi connectivity index (χ0n) is 13.7. The molecule has 1 N–H and O–H groups in total. The first-order chi connectivity index (χ1) is 11.6. The summed E-state index contributed by atoms with van der Waals surface area (Å²) in [6, 6.07) is 19.5. The van der Waals surface area contributed by atoms with Crippen LogP contribution in [0.3, 0.4) is 0 Å². The van der Waals surface area contributed by atoms with Gasteiger partial charge in [0.1, 0.15) is 6.54 Å². The Morgan fingerprint density at radius 2 is 1.75 bits per heavy atom. The van der Waals surface area contributed by atoms with Crippen LogP contribution in [-0.4, -0.2) is 43.4 Å². The Morgan fingerprint density at radius 1 is 1.12 bits per heavy atom. The summed E-state index contributed by atoms with van der Waals surface area (Å²) in [4.78, 5) is 28.2. The number of hydrogen-bond acceptors (Lipinski definition) is 3. The van der Waals surface area contributed by atoms with Crippen LogP contribution in [0.15, 0.2) is 60.7 Å². The summed E-state index contributed by atoms with van der Waals surface area (Å²) < 4.78 is 0. The van der Waals surface area contributed by atoms with Crippen LogP contribution in [0.5, 0.6) is 0 Å². The highest BCUT2D eigenvalue weighted by Gasteiger charge is 2.31. The van der Waals surface area contributed by atoms with Crippen LogP contribution < -0.4 is 10.2 Å². The van der Waals surface area contributed by atoms with E-state index < -0.39 is 0 Å². The first-order valence-electron chi connectivity index (χ1n) is 8.02. The summed E-state index contributed by atoms with van der Waals surface area (Å²) in [5.74, 6) is -0.164. The zero-order valence-corrected chi connectivity index (χ0v) is 13.7. The van der Waals surface area contributed by atoms with Gasteiger partial charge in [0.15, 0.2) is 0 Å². The molecule has 0 spiro atoms. The van der Waals surface area contributed by atoms with E-state index >= 15 is 0 Å². The van der Waals surface area contributed by atoms with Gasteiger partial charge in [-0.3, -0.25) is 9.59 Å². The van der Waals surface area contributed by atoms with E-state index in [1.807, 2.05) is 72.6 Å². The first-order valence-corrected chi connectivity index (χ1v) is 8.02. The topological polar surface area (TPSA) is 52.7 Å². The molecule has 2 aromatic carbocycles.